The minimum atomic E-state index is 0.725. The van der Waals surface area contributed by atoms with Crippen LogP contribution in [-0.2, 0) is 6.54 Å². The molecule has 0 radical (unpaired) electrons. The van der Waals surface area contributed by atoms with Crippen LogP contribution in [0.5, 0.6) is 0 Å². The molecule has 3 rings (SSSR count). The molecular formula is C14H15N3. The number of benzene rings is 1. The number of aryl methyl sites for hydroxylation is 1. The molecule has 86 valence electrons. The van der Waals surface area contributed by atoms with Crippen molar-refractivity contribution in [2.24, 2.45) is 5.73 Å². The fourth-order valence-electron chi connectivity index (χ4n) is 2.30. The SMILES string of the molecule is NCCCn1ccc2ccc3ncccc3c21. The van der Waals surface area contributed by atoms with E-state index in [0.717, 1.165) is 25.0 Å². The molecule has 0 bridgehead atoms. The molecule has 3 nitrogen and oxygen atoms in total. The maximum atomic E-state index is 5.58. The number of rotatable bonds is 3. The minimum Gasteiger partial charge on any atom is -0.347 e. The van der Waals surface area contributed by atoms with E-state index in [4.69, 9.17) is 5.73 Å². The van der Waals surface area contributed by atoms with E-state index < -0.39 is 0 Å². The Morgan fingerprint density at radius 3 is 3.00 bits per heavy atom. The quantitative estimate of drug-likeness (QED) is 0.744. The van der Waals surface area contributed by atoms with E-state index in [2.05, 4.69) is 40.0 Å². The highest BCUT2D eigenvalue weighted by Gasteiger charge is 2.05. The fourth-order valence-corrected chi connectivity index (χ4v) is 2.30. The maximum absolute atomic E-state index is 5.58. The van der Waals surface area contributed by atoms with Gasteiger partial charge in [0.15, 0.2) is 0 Å². The van der Waals surface area contributed by atoms with Crippen molar-refractivity contribution in [1.29, 1.82) is 0 Å². The van der Waals surface area contributed by atoms with Crippen LogP contribution in [0.15, 0.2) is 42.7 Å². The van der Waals surface area contributed by atoms with Crippen molar-refractivity contribution in [3.63, 3.8) is 0 Å². The molecule has 0 saturated carbocycles. The first kappa shape index (κ1) is 10.3. The molecule has 1 aromatic carbocycles. The summed E-state index contributed by atoms with van der Waals surface area (Å²) < 4.78 is 2.27. The molecule has 3 heteroatoms. The van der Waals surface area contributed by atoms with Gasteiger partial charge in [0, 0.05) is 29.7 Å². The Labute approximate surface area is 99.9 Å². The first-order valence-corrected chi connectivity index (χ1v) is 5.93. The highest BCUT2D eigenvalue weighted by Crippen LogP contribution is 2.25. The Hall–Kier alpha value is -1.87. The zero-order valence-corrected chi connectivity index (χ0v) is 9.63. The van der Waals surface area contributed by atoms with Crippen molar-refractivity contribution in [3.05, 3.63) is 42.7 Å². The Morgan fingerprint density at radius 1 is 1.18 bits per heavy atom. The molecule has 0 unspecified atom stereocenters. The van der Waals surface area contributed by atoms with Gasteiger partial charge in [-0.25, -0.2) is 0 Å². The third-order valence-corrected chi connectivity index (χ3v) is 3.11. The molecule has 2 aromatic heterocycles. The molecule has 0 spiro atoms. The number of nitrogens with zero attached hydrogens (tertiary/aromatic N) is 2. The Kier molecular flexibility index (Phi) is 2.53. The average molecular weight is 225 g/mol. The zero-order chi connectivity index (χ0) is 11.7. The fraction of sp³-hybridized carbons (Fsp3) is 0.214. The van der Waals surface area contributed by atoms with Crippen molar-refractivity contribution in [3.8, 4) is 0 Å². The van der Waals surface area contributed by atoms with Gasteiger partial charge in [-0.1, -0.05) is 6.07 Å². The lowest BCUT2D eigenvalue weighted by atomic mass is 10.1. The monoisotopic (exact) mass is 225 g/mol. The normalized spacial score (nSPS) is 11.4. The summed E-state index contributed by atoms with van der Waals surface area (Å²) in [5, 5.41) is 2.48. The van der Waals surface area contributed by atoms with Gasteiger partial charge in [-0.2, -0.15) is 0 Å². The minimum absolute atomic E-state index is 0.725. The van der Waals surface area contributed by atoms with E-state index in [1.54, 1.807) is 0 Å². The van der Waals surface area contributed by atoms with E-state index in [0.29, 0.717) is 0 Å². The Bertz CT molecular complexity index is 655. The summed E-state index contributed by atoms with van der Waals surface area (Å²) in [6.07, 6.45) is 4.97. The van der Waals surface area contributed by atoms with Crippen molar-refractivity contribution in [1.82, 2.24) is 9.55 Å². The lowest BCUT2D eigenvalue weighted by molar-refractivity contribution is 0.672. The van der Waals surface area contributed by atoms with Crippen molar-refractivity contribution < 1.29 is 0 Å². The van der Waals surface area contributed by atoms with Crippen LogP contribution in [0.4, 0.5) is 0 Å². The molecule has 2 heterocycles. The van der Waals surface area contributed by atoms with E-state index in [1.165, 1.54) is 16.3 Å². The lowest BCUT2D eigenvalue weighted by Gasteiger charge is -2.06. The molecule has 3 aromatic rings. The van der Waals surface area contributed by atoms with Crippen molar-refractivity contribution in [2.75, 3.05) is 6.54 Å². The van der Waals surface area contributed by atoms with Gasteiger partial charge >= 0.3 is 0 Å². The molecule has 0 amide bonds. The topological polar surface area (TPSA) is 43.8 Å². The number of hydrogen-bond donors (Lipinski definition) is 1. The molecule has 0 atom stereocenters. The van der Waals surface area contributed by atoms with Gasteiger partial charge in [-0.05, 0) is 37.2 Å². The van der Waals surface area contributed by atoms with Crippen LogP contribution in [-0.4, -0.2) is 16.1 Å². The van der Waals surface area contributed by atoms with Gasteiger partial charge in [0.25, 0.3) is 0 Å². The lowest BCUT2D eigenvalue weighted by Crippen LogP contribution is -2.04. The van der Waals surface area contributed by atoms with Gasteiger partial charge < -0.3 is 10.3 Å². The number of hydrogen-bond acceptors (Lipinski definition) is 2. The van der Waals surface area contributed by atoms with E-state index in [-0.39, 0.29) is 0 Å². The number of fused-ring (bicyclic) bond motifs is 3. The summed E-state index contributed by atoms with van der Waals surface area (Å²) in [6.45, 7) is 1.69. The van der Waals surface area contributed by atoms with E-state index >= 15 is 0 Å². The molecule has 0 aliphatic carbocycles. The first-order chi connectivity index (χ1) is 8.40. The van der Waals surface area contributed by atoms with Crippen LogP contribution >= 0.6 is 0 Å². The molecule has 0 aliphatic rings. The van der Waals surface area contributed by atoms with Gasteiger partial charge in [-0.15, -0.1) is 0 Å². The third-order valence-electron chi connectivity index (χ3n) is 3.11. The zero-order valence-electron chi connectivity index (χ0n) is 9.63. The average Bonchev–Trinajstić information content (AvgIpc) is 2.80. The molecule has 0 fully saturated rings. The van der Waals surface area contributed by atoms with Crippen LogP contribution in [0.3, 0.4) is 0 Å². The van der Waals surface area contributed by atoms with Crippen LogP contribution in [0.2, 0.25) is 0 Å². The molecular weight excluding hydrogens is 210 g/mol. The predicted octanol–water partition coefficient (Wildman–Crippen LogP) is 2.54. The van der Waals surface area contributed by atoms with Gasteiger partial charge in [0.05, 0.1) is 11.0 Å². The molecule has 0 aliphatic heterocycles. The number of pyridine rings is 1. The Balaban J connectivity index is 2.27. The predicted molar refractivity (Wildman–Crippen MR) is 70.9 cm³/mol. The standard InChI is InChI=1S/C14H15N3/c15-7-2-9-17-10-6-11-4-5-13-12(14(11)17)3-1-8-16-13/h1,3-6,8,10H,2,7,9,15H2. The molecule has 2 N–H and O–H groups in total. The number of aromatic nitrogens is 2. The number of nitrogens with two attached hydrogens (primary N) is 1. The second-order valence-electron chi connectivity index (χ2n) is 4.22. The van der Waals surface area contributed by atoms with Crippen LogP contribution < -0.4 is 5.73 Å². The maximum Gasteiger partial charge on any atom is 0.0723 e. The van der Waals surface area contributed by atoms with Gasteiger partial charge in [0.1, 0.15) is 0 Å². The van der Waals surface area contributed by atoms with Gasteiger partial charge in [-0.3, -0.25) is 4.98 Å². The van der Waals surface area contributed by atoms with Gasteiger partial charge in [0.2, 0.25) is 0 Å². The smallest absolute Gasteiger partial charge is 0.0723 e. The summed E-state index contributed by atoms with van der Waals surface area (Å²) in [6, 6.07) is 10.5. The highest BCUT2D eigenvalue weighted by molar-refractivity contribution is 6.04. The second kappa shape index (κ2) is 4.18. The summed E-state index contributed by atoms with van der Waals surface area (Å²) in [5.41, 5.74) is 7.89. The first-order valence-electron chi connectivity index (χ1n) is 5.93. The summed E-state index contributed by atoms with van der Waals surface area (Å²) in [4.78, 5) is 4.39. The van der Waals surface area contributed by atoms with E-state index in [1.807, 2.05) is 12.3 Å². The third kappa shape index (κ3) is 1.68. The highest BCUT2D eigenvalue weighted by atomic mass is 15.0. The van der Waals surface area contributed by atoms with Crippen molar-refractivity contribution >= 4 is 21.8 Å². The molecule has 0 saturated heterocycles. The summed E-state index contributed by atoms with van der Waals surface area (Å²) in [7, 11) is 0. The molecule has 17 heavy (non-hydrogen) atoms. The van der Waals surface area contributed by atoms with E-state index in [9.17, 15) is 0 Å². The largest absolute Gasteiger partial charge is 0.347 e. The van der Waals surface area contributed by atoms with Crippen molar-refractivity contribution in [2.45, 2.75) is 13.0 Å². The van der Waals surface area contributed by atoms with Crippen LogP contribution in [0.1, 0.15) is 6.42 Å². The second-order valence-corrected chi connectivity index (χ2v) is 4.22. The Morgan fingerprint density at radius 2 is 2.12 bits per heavy atom. The summed E-state index contributed by atoms with van der Waals surface area (Å²) in [5.74, 6) is 0. The summed E-state index contributed by atoms with van der Waals surface area (Å²) >= 11 is 0. The van der Waals surface area contributed by atoms with Crippen LogP contribution in [0, 0.1) is 0 Å². The van der Waals surface area contributed by atoms with Crippen LogP contribution in [0.25, 0.3) is 21.8 Å².